The monoisotopic (exact) mass is 256 g/mol. The van der Waals surface area contributed by atoms with E-state index in [0.717, 1.165) is 0 Å². The van der Waals surface area contributed by atoms with Crippen LogP contribution in [0.4, 0.5) is 0 Å². The van der Waals surface area contributed by atoms with Gasteiger partial charge in [0, 0.05) is 0 Å². The van der Waals surface area contributed by atoms with Crippen LogP contribution in [0.1, 0.15) is 11.1 Å². The molecule has 0 aliphatic carbocycles. The molecule has 0 bridgehead atoms. The number of hydrogen-bond acceptors (Lipinski definition) is 0. The van der Waals surface area contributed by atoms with E-state index >= 15 is 0 Å². The van der Waals surface area contributed by atoms with Gasteiger partial charge in [0.25, 0.3) is 0 Å². The molecule has 0 nitrogen and oxygen atoms in total. The van der Waals surface area contributed by atoms with Gasteiger partial charge in [0.1, 0.15) is 0 Å². The second kappa shape index (κ2) is 3.63. The van der Waals surface area contributed by atoms with Crippen LogP contribution in [0.2, 0.25) is 9.74 Å². The normalized spacial score (nSPS) is 10.6. The summed E-state index contributed by atoms with van der Waals surface area (Å²) < 4.78 is 1.69. The van der Waals surface area contributed by atoms with E-state index in [1.54, 1.807) is 3.51 Å². The van der Waals surface area contributed by atoms with Crippen LogP contribution >= 0.6 is 0 Å². The van der Waals surface area contributed by atoms with Crippen LogP contribution in [-0.4, -0.2) is 20.2 Å². The number of benzene rings is 1. The minimum atomic E-state index is -1.01. The summed E-state index contributed by atoms with van der Waals surface area (Å²) in [6.45, 7) is 4.46. The third-order valence-corrected chi connectivity index (χ3v) is 6.45. The first-order valence-electron chi connectivity index (χ1n) is 3.86. The molecule has 0 saturated heterocycles. The Morgan fingerprint density at radius 3 is 1.73 bits per heavy atom. The third kappa shape index (κ3) is 1.99. The zero-order valence-corrected chi connectivity index (χ0v) is 10.2. The van der Waals surface area contributed by atoms with E-state index in [1.807, 2.05) is 0 Å². The number of aryl methyl sites for hydroxylation is 2. The Hall–Kier alpha value is 0.0382. The Labute approximate surface area is 76.6 Å². The zero-order chi connectivity index (χ0) is 8.43. The molecular weight excluding hydrogens is 242 g/mol. The maximum atomic E-state index is 2.43. The fourth-order valence-corrected chi connectivity index (χ4v) is 5.96. The Morgan fingerprint density at radius 1 is 1.00 bits per heavy atom. The van der Waals surface area contributed by atoms with Crippen LogP contribution < -0.4 is 3.51 Å². The molecule has 0 aliphatic rings. The van der Waals surface area contributed by atoms with Gasteiger partial charge in [-0.1, -0.05) is 0 Å². The summed E-state index contributed by atoms with van der Waals surface area (Å²) >= 11 is -1.01. The summed E-state index contributed by atoms with van der Waals surface area (Å²) in [5.74, 6) is 0. The molecule has 0 unspecified atom stereocenters. The summed E-state index contributed by atoms with van der Waals surface area (Å²) in [6.07, 6.45) is 0. The van der Waals surface area contributed by atoms with E-state index in [-0.39, 0.29) is 0 Å². The molecule has 1 aromatic rings. The molecule has 60 valence electrons. The molecule has 0 atom stereocenters. The van der Waals surface area contributed by atoms with Crippen molar-refractivity contribution < 1.29 is 0 Å². The molecule has 0 N–H and O–H groups in total. The molecule has 0 amide bonds. The van der Waals surface area contributed by atoms with Crippen LogP contribution in [0.5, 0.6) is 0 Å². The van der Waals surface area contributed by atoms with Gasteiger partial charge in [-0.3, -0.25) is 0 Å². The Balaban J connectivity index is 3.21. The van der Waals surface area contributed by atoms with Crippen LogP contribution in [0.15, 0.2) is 18.2 Å². The van der Waals surface area contributed by atoms with E-state index in [0.29, 0.717) is 0 Å². The molecule has 1 heteroatoms. The quantitative estimate of drug-likeness (QED) is 0.677. The van der Waals surface area contributed by atoms with Crippen molar-refractivity contribution in [3.63, 3.8) is 0 Å². The second-order valence-corrected chi connectivity index (χ2v) is 9.52. The topological polar surface area (TPSA) is 0 Å². The molecular formula is C10H15Sb. The van der Waals surface area contributed by atoms with Crippen molar-refractivity contribution in [3.8, 4) is 0 Å². The molecule has 1 rings (SSSR count). The fraction of sp³-hybridized carbons (Fsp3) is 0.400. The van der Waals surface area contributed by atoms with Gasteiger partial charge < -0.3 is 0 Å². The number of rotatable bonds is 1. The summed E-state index contributed by atoms with van der Waals surface area (Å²) in [5.41, 5.74) is 3.00. The summed E-state index contributed by atoms with van der Waals surface area (Å²) in [5, 5.41) is 0. The van der Waals surface area contributed by atoms with Crippen LogP contribution in [0.25, 0.3) is 0 Å². The SMILES string of the molecule is Cc1cccc(C)[c]1[Sb]([CH3])[CH3]. The van der Waals surface area contributed by atoms with Crippen molar-refractivity contribution in [2.75, 3.05) is 0 Å². The minimum absolute atomic E-state index is 1.01. The van der Waals surface area contributed by atoms with Crippen LogP contribution in [-0.2, 0) is 0 Å². The van der Waals surface area contributed by atoms with E-state index in [9.17, 15) is 0 Å². The number of hydrogen-bond donors (Lipinski definition) is 0. The molecule has 0 aliphatic heterocycles. The molecule has 0 fully saturated rings. The first-order chi connectivity index (χ1) is 5.13. The molecule has 1 aromatic carbocycles. The Bertz CT molecular complexity index is 231. The van der Waals surface area contributed by atoms with Gasteiger partial charge >= 0.3 is 76.6 Å². The van der Waals surface area contributed by atoms with Crippen LogP contribution in [0.3, 0.4) is 0 Å². The summed E-state index contributed by atoms with van der Waals surface area (Å²) in [4.78, 5) is 4.86. The third-order valence-electron chi connectivity index (χ3n) is 1.89. The van der Waals surface area contributed by atoms with Gasteiger partial charge in [0.15, 0.2) is 0 Å². The van der Waals surface area contributed by atoms with E-state index < -0.39 is 20.2 Å². The van der Waals surface area contributed by atoms with Gasteiger partial charge in [-0.2, -0.15) is 0 Å². The Kier molecular flexibility index (Phi) is 3.01. The van der Waals surface area contributed by atoms with Crippen LogP contribution in [0, 0.1) is 13.8 Å². The van der Waals surface area contributed by atoms with E-state index in [4.69, 9.17) is 0 Å². The molecule has 0 aromatic heterocycles. The van der Waals surface area contributed by atoms with Gasteiger partial charge in [-0.15, -0.1) is 0 Å². The predicted octanol–water partition coefficient (Wildman–Crippen LogP) is 2.26. The second-order valence-electron chi connectivity index (χ2n) is 3.13. The fourth-order valence-electron chi connectivity index (χ4n) is 1.51. The molecule has 0 saturated carbocycles. The molecule has 11 heavy (non-hydrogen) atoms. The van der Waals surface area contributed by atoms with Crippen molar-refractivity contribution >= 4 is 23.7 Å². The average molecular weight is 257 g/mol. The predicted molar refractivity (Wildman–Crippen MR) is 53.0 cm³/mol. The van der Waals surface area contributed by atoms with E-state index in [1.165, 1.54) is 11.1 Å². The molecule has 0 radical (unpaired) electrons. The van der Waals surface area contributed by atoms with Crippen molar-refractivity contribution in [2.24, 2.45) is 0 Å². The molecule has 0 spiro atoms. The van der Waals surface area contributed by atoms with Gasteiger partial charge in [0.2, 0.25) is 0 Å². The molecule has 0 heterocycles. The average Bonchev–Trinajstić information content (AvgIpc) is 1.85. The standard InChI is InChI=1S/C8H9.2CH3.Sb/c1-7-4-3-5-8(2)6-7;;;/h3-5H,1-2H3;2*1H3;. The zero-order valence-electron chi connectivity index (χ0n) is 7.68. The Morgan fingerprint density at radius 2 is 1.45 bits per heavy atom. The van der Waals surface area contributed by atoms with E-state index in [2.05, 4.69) is 41.8 Å². The van der Waals surface area contributed by atoms with Crippen molar-refractivity contribution in [2.45, 2.75) is 23.6 Å². The van der Waals surface area contributed by atoms with Crippen molar-refractivity contribution in [1.29, 1.82) is 0 Å². The van der Waals surface area contributed by atoms with Gasteiger partial charge in [-0.25, -0.2) is 0 Å². The summed E-state index contributed by atoms with van der Waals surface area (Å²) in [7, 11) is 0. The first kappa shape index (κ1) is 9.13. The van der Waals surface area contributed by atoms with Gasteiger partial charge in [0.05, 0.1) is 0 Å². The van der Waals surface area contributed by atoms with Crippen molar-refractivity contribution in [1.82, 2.24) is 0 Å². The summed E-state index contributed by atoms with van der Waals surface area (Å²) in [6, 6.07) is 6.61. The maximum absolute atomic E-state index is 2.43. The first-order valence-corrected chi connectivity index (χ1v) is 10.2. The van der Waals surface area contributed by atoms with Crippen molar-refractivity contribution in [3.05, 3.63) is 29.3 Å². The van der Waals surface area contributed by atoms with Gasteiger partial charge in [-0.05, 0) is 0 Å².